The van der Waals surface area contributed by atoms with E-state index in [1.165, 1.54) is 0 Å². The summed E-state index contributed by atoms with van der Waals surface area (Å²) >= 11 is 0. The number of carbonyl (C=O) groups excluding carboxylic acids is 2. The van der Waals surface area contributed by atoms with Crippen LogP contribution in [0.5, 0.6) is 0 Å². The maximum Gasteiger partial charge on any atom is 0.262 e. The minimum atomic E-state index is -3.86. The molecule has 2 aromatic rings. The van der Waals surface area contributed by atoms with Gasteiger partial charge < -0.3 is 9.80 Å². The van der Waals surface area contributed by atoms with Crippen LogP contribution in [0.4, 0.5) is 5.69 Å². The van der Waals surface area contributed by atoms with E-state index in [2.05, 4.69) is 11.6 Å². The molecule has 2 aromatic carbocycles. The molecule has 0 atom stereocenters. The molecular formula is C26H35N3O4S. The van der Waals surface area contributed by atoms with Crippen LogP contribution in [0, 0.1) is 19.8 Å². The Labute approximate surface area is 203 Å². The van der Waals surface area contributed by atoms with Gasteiger partial charge in [-0.05, 0) is 62.4 Å². The Morgan fingerprint density at radius 3 is 2.44 bits per heavy atom. The van der Waals surface area contributed by atoms with Gasteiger partial charge in [0.25, 0.3) is 15.9 Å². The van der Waals surface area contributed by atoms with Crippen molar-refractivity contribution in [2.75, 3.05) is 31.4 Å². The van der Waals surface area contributed by atoms with E-state index in [-0.39, 0.29) is 28.3 Å². The Hall–Kier alpha value is -2.87. The van der Waals surface area contributed by atoms with Crippen molar-refractivity contribution in [1.82, 2.24) is 9.80 Å². The first-order chi connectivity index (χ1) is 16.1. The predicted octanol–water partition coefficient (Wildman–Crippen LogP) is 4.21. The Morgan fingerprint density at radius 1 is 1.09 bits per heavy atom. The number of unbranched alkanes of at least 4 members (excludes halogenated alkanes) is 1. The highest BCUT2D eigenvalue weighted by atomic mass is 32.2. The van der Waals surface area contributed by atoms with Crippen LogP contribution >= 0.6 is 0 Å². The smallest absolute Gasteiger partial charge is 0.262 e. The summed E-state index contributed by atoms with van der Waals surface area (Å²) in [6.45, 7) is 7.37. The van der Waals surface area contributed by atoms with Crippen LogP contribution < -0.4 is 4.72 Å². The summed E-state index contributed by atoms with van der Waals surface area (Å²) in [7, 11) is -2.02. The molecule has 0 saturated carbocycles. The molecule has 34 heavy (non-hydrogen) atoms. The van der Waals surface area contributed by atoms with Crippen molar-refractivity contribution < 1.29 is 18.0 Å². The summed E-state index contributed by atoms with van der Waals surface area (Å²) in [5.74, 6) is -0.171. The fourth-order valence-electron chi connectivity index (χ4n) is 4.27. The van der Waals surface area contributed by atoms with Gasteiger partial charge in [-0.2, -0.15) is 0 Å². The molecule has 0 bridgehead atoms. The monoisotopic (exact) mass is 485 g/mol. The fraction of sp³-hybridized carbons (Fsp3) is 0.462. The molecule has 8 heteroatoms. The first-order valence-corrected chi connectivity index (χ1v) is 13.4. The van der Waals surface area contributed by atoms with Gasteiger partial charge in [-0.15, -0.1) is 0 Å². The second-order valence-electron chi connectivity index (χ2n) is 9.10. The van der Waals surface area contributed by atoms with Gasteiger partial charge in [-0.1, -0.05) is 37.6 Å². The zero-order chi connectivity index (χ0) is 24.9. The van der Waals surface area contributed by atoms with E-state index in [0.717, 1.165) is 24.9 Å². The van der Waals surface area contributed by atoms with E-state index in [4.69, 9.17) is 0 Å². The van der Waals surface area contributed by atoms with Gasteiger partial charge in [0.1, 0.15) is 0 Å². The highest BCUT2D eigenvalue weighted by Crippen LogP contribution is 2.26. The molecule has 0 unspecified atom stereocenters. The third-order valence-electron chi connectivity index (χ3n) is 6.39. The van der Waals surface area contributed by atoms with Crippen LogP contribution in [0.1, 0.15) is 54.1 Å². The van der Waals surface area contributed by atoms with Crippen molar-refractivity contribution in [2.24, 2.45) is 5.92 Å². The van der Waals surface area contributed by atoms with Crippen molar-refractivity contribution in [3.63, 3.8) is 0 Å². The van der Waals surface area contributed by atoms with Crippen LogP contribution in [-0.2, 0) is 14.8 Å². The van der Waals surface area contributed by atoms with Crippen molar-refractivity contribution in [3.8, 4) is 0 Å². The van der Waals surface area contributed by atoms with Crippen LogP contribution in [0.3, 0.4) is 0 Å². The summed E-state index contributed by atoms with van der Waals surface area (Å²) in [5, 5.41) is 0. The maximum atomic E-state index is 13.3. The fourth-order valence-corrected chi connectivity index (χ4v) is 5.68. The van der Waals surface area contributed by atoms with Crippen molar-refractivity contribution in [2.45, 2.75) is 51.3 Å². The zero-order valence-electron chi connectivity index (χ0n) is 20.5. The topological polar surface area (TPSA) is 86.8 Å². The molecule has 1 saturated heterocycles. The lowest BCUT2D eigenvalue weighted by Crippen LogP contribution is -2.43. The average Bonchev–Trinajstić information content (AvgIpc) is 2.83. The van der Waals surface area contributed by atoms with Crippen molar-refractivity contribution in [1.29, 1.82) is 0 Å². The summed E-state index contributed by atoms with van der Waals surface area (Å²) in [6, 6.07) is 11.9. The van der Waals surface area contributed by atoms with Crippen LogP contribution in [0.2, 0.25) is 0 Å². The average molecular weight is 486 g/mol. The lowest BCUT2D eigenvalue weighted by Gasteiger charge is -2.33. The number of para-hydroxylation sites is 1. The summed E-state index contributed by atoms with van der Waals surface area (Å²) in [6.07, 6.45) is 3.24. The van der Waals surface area contributed by atoms with Crippen LogP contribution in [0.15, 0.2) is 47.4 Å². The quantitative estimate of drug-likeness (QED) is 0.607. The van der Waals surface area contributed by atoms with Gasteiger partial charge in [0.05, 0.1) is 16.1 Å². The minimum Gasteiger partial charge on any atom is -0.346 e. The van der Waals surface area contributed by atoms with Gasteiger partial charge in [-0.3, -0.25) is 14.3 Å². The second kappa shape index (κ2) is 11.0. The molecule has 1 aliphatic heterocycles. The van der Waals surface area contributed by atoms with Gasteiger partial charge in [0.15, 0.2) is 0 Å². The van der Waals surface area contributed by atoms with Gasteiger partial charge in [0, 0.05) is 32.6 Å². The maximum absolute atomic E-state index is 13.3. The summed E-state index contributed by atoms with van der Waals surface area (Å²) in [4.78, 5) is 29.7. The van der Waals surface area contributed by atoms with Gasteiger partial charge in [0.2, 0.25) is 5.91 Å². The van der Waals surface area contributed by atoms with Crippen molar-refractivity contribution in [3.05, 3.63) is 59.2 Å². The first-order valence-electron chi connectivity index (χ1n) is 11.9. The number of nitrogens with zero attached hydrogens (tertiary/aromatic N) is 2. The third kappa shape index (κ3) is 5.97. The molecule has 2 amide bonds. The highest BCUT2D eigenvalue weighted by Gasteiger charge is 2.30. The van der Waals surface area contributed by atoms with Crippen molar-refractivity contribution >= 4 is 27.5 Å². The number of likely N-dealkylation sites (tertiary alicyclic amines) is 1. The molecule has 1 fully saturated rings. The Kier molecular flexibility index (Phi) is 8.36. The molecule has 1 heterocycles. The lowest BCUT2D eigenvalue weighted by atomic mass is 9.94. The third-order valence-corrected chi connectivity index (χ3v) is 7.90. The number of benzene rings is 2. The van der Waals surface area contributed by atoms with Gasteiger partial charge >= 0.3 is 0 Å². The van der Waals surface area contributed by atoms with Crippen LogP contribution in [-0.4, -0.2) is 56.7 Å². The lowest BCUT2D eigenvalue weighted by molar-refractivity contribution is -0.135. The number of anilines is 1. The largest absolute Gasteiger partial charge is 0.346 e. The molecule has 3 rings (SSSR count). The van der Waals surface area contributed by atoms with E-state index in [0.29, 0.717) is 37.1 Å². The van der Waals surface area contributed by atoms with E-state index in [1.807, 2.05) is 20.0 Å². The number of piperidine rings is 1. The molecule has 0 spiro atoms. The molecular weight excluding hydrogens is 450 g/mol. The number of aryl methyl sites for hydroxylation is 2. The highest BCUT2D eigenvalue weighted by molar-refractivity contribution is 7.92. The summed E-state index contributed by atoms with van der Waals surface area (Å²) < 4.78 is 28.8. The first kappa shape index (κ1) is 25.7. The van der Waals surface area contributed by atoms with Crippen LogP contribution in [0.25, 0.3) is 0 Å². The number of hydrogen-bond donors (Lipinski definition) is 1. The number of hydrogen-bond acceptors (Lipinski definition) is 4. The zero-order valence-corrected chi connectivity index (χ0v) is 21.3. The minimum absolute atomic E-state index is 0.0797. The normalized spacial score (nSPS) is 14.6. The molecule has 0 radical (unpaired) electrons. The number of nitrogens with one attached hydrogen (secondary N) is 1. The molecule has 1 aliphatic rings. The van der Waals surface area contributed by atoms with E-state index < -0.39 is 10.0 Å². The Morgan fingerprint density at radius 2 is 1.76 bits per heavy atom. The summed E-state index contributed by atoms with van der Waals surface area (Å²) in [5.41, 5.74) is 2.04. The number of amides is 2. The Bertz CT molecular complexity index is 1140. The van der Waals surface area contributed by atoms with E-state index >= 15 is 0 Å². The molecule has 0 aliphatic carbocycles. The number of rotatable bonds is 8. The van der Waals surface area contributed by atoms with E-state index in [1.54, 1.807) is 53.1 Å². The number of carbonyl (C=O) groups is 2. The molecule has 1 N–H and O–H groups in total. The van der Waals surface area contributed by atoms with Gasteiger partial charge in [-0.25, -0.2) is 8.42 Å². The SMILES string of the molecule is CCCCN(C)C(=O)C1CCN(C(=O)c2ccccc2NS(=O)(=O)c2cc(C)ccc2C)CC1. The Balaban J connectivity index is 1.72. The molecule has 0 aromatic heterocycles. The van der Waals surface area contributed by atoms with E-state index in [9.17, 15) is 18.0 Å². The second-order valence-corrected chi connectivity index (χ2v) is 10.8. The standard InChI is InChI=1S/C26H35N3O4S/c1-5-6-15-28(4)25(30)21-13-16-29(17-14-21)26(31)22-9-7-8-10-23(22)27-34(32,33)24-18-19(2)11-12-20(24)3/h7-12,18,21,27H,5-6,13-17H2,1-4H3. The number of sulfonamides is 1. The molecule has 184 valence electrons. The predicted molar refractivity (Wildman–Crippen MR) is 134 cm³/mol. The molecule has 7 nitrogen and oxygen atoms in total.